The highest BCUT2D eigenvalue weighted by molar-refractivity contribution is 6.04. The summed E-state index contributed by atoms with van der Waals surface area (Å²) in [6.07, 6.45) is 1.47. The van der Waals surface area contributed by atoms with Crippen molar-refractivity contribution in [1.82, 2.24) is 14.9 Å². The number of likely N-dealkylation sites (N-methyl/N-ethyl adjacent to an activating group) is 1. The Morgan fingerprint density at radius 2 is 1.64 bits per heavy atom. The average molecular weight is 339 g/mol. The summed E-state index contributed by atoms with van der Waals surface area (Å²) in [6, 6.07) is 5.91. The number of nitrogens with one attached hydrogen (secondary N) is 1. The fraction of sp³-hybridized carbons (Fsp3) is 0.421. The molecule has 25 heavy (non-hydrogen) atoms. The van der Waals surface area contributed by atoms with Gasteiger partial charge in [-0.05, 0) is 38.9 Å². The summed E-state index contributed by atoms with van der Waals surface area (Å²) in [5.41, 5.74) is 4.55. The van der Waals surface area contributed by atoms with Crippen molar-refractivity contribution in [3.63, 3.8) is 0 Å². The molecule has 1 aliphatic heterocycles. The molecule has 0 aliphatic carbocycles. The van der Waals surface area contributed by atoms with Crippen LogP contribution in [0, 0.1) is 20.8 Å². The number of piperazine rings is 1. The standard InChI is InChI=1S/C19H25N5O/c1-13-9-14(2)18(15(3)10-13)22-19(25)16-11-17(21-12-20-16)24-7-5-23(4)6-8-24/h9-12H,5-8H2,1-4H3,(H,22,25). The Hall–Kier alpha value is -2.47. The molecule has 0 spiro atoms. The van der Waals surface area contributed by atoms with E-state index < -0.39 is 0 Å². The minimum Gasteiger partial charge on any atom is -0.354 e. The molecule has 0 bridgehead atoms. The first-order valence-electron chi connectivity index (χ1n) is 8.59. The first kappa shape index (κ1) is 17.4. The van der Waals surface area contributed by atoms with E-state index in [2.05, 4.69) is 51.2 Å². The molecule has 2 aromatic rings. The van der Waals surface area contributed by atoms with E-state index in [0.717, 1.165) is 48.8 Å². The van der Waals surface area contributed by atoms with Gasteiger partial charge in [0.25, 0.3) is 5.91 Å². The molecule has 1 aliphatic rings. The van der Waals surface area contributed by atoms with Crippen molar-refractivity contribution in [2.24, 2.45) is 0 Å². The second-order valence-corrected chi connectivity index (χ2v) is 6.78. The van der Waals surface area contributed by atoms with Gasteiger partial charge in [-0.2, -0.15) is 0 Å². The van der Waals surface area contributed by atoms with Crippen molar-refractivity contribution < 1.29 is 4.79 Å². The number of carbonyl (C=O) groups excluding carboxylic acids is 1. The van der Waals surface area contributed by atoms with Crippen molar-refractivity contribution in [1.29, 1.82) is 0 Å². The number of amides is 1. The Morgan fingerprint density at radius 1 is 1.00 bits per heavy atom. The number of hydrogen-bond donors (Lipinski definition) is 1. The highest BCUT2D eigenvalue weighted by Gasteiger charge is 2.18. The lowest BCUT2D eigenvalue weighted by atomic mass is 10.0. The number of aromatic nitrogens is 2. The molecule has 0 radical (unpaired) electrons. The van der Waals surface area contributed by atoms with E-state index in [0.29, 0.717) is 5.69 Å². The predicted octanol–water partition coefficient (Wildman–Crippen LogP) is 2.41. The van der Waals surface area contributed by atoms with Crippen molar-refractivity contribution in [3.05, 3.63) is 46.9 Å². The summed E-state index contributed by atoms with van der Waals surface area (Å²) in [4.78, 5) is 25.6. The lowest BCUT2D eigenvalue weighted by Gasteiger charge is -2.33. The molecule has 1 amide bonds. The predicted molar refractivity (Wildman–Crippen MR) is 100 cm³/mol. The average Bonchev–Trinajstić information content (AvgIpc) is 2.58. The number of aryl methyl sites for hydroxylation is 3. The van der Waals surface area contributed by atoms with E-state index in [1.165, 1.54) is 11.9 Å². The Morgan fingerprint density at radius 3 is 2.28 bits per heavy atom. The Bertz CT molecular complexity index is 758. The first-order chi connectivity index (χ1) is 11.9. The smallest absolute Gasteiger partial charge is 0.274 e. The zero-order valence-corrected chi connectivity index (χ0v) is 15.3. The topological polar surface area (TPSA) is 61.4 Å². The molecule has 0 unspecified atom stereocenters. The van der Waals surface area contributed by atoms with Gasteiger partial charge in [0.2, 0.25) is 0 Å². The Balaban J connectivity index is 1.78. The number of carbonyl (C=O) groups is 1. The zero-order chi connectivity index (χ0) is 18.0. The quantitative estimate of drug-likeness (QED) is 0.930. The van der Waals surface area contributed by atoms with E-state index in [4.69, 9.17) is 0 Å². The van der Waals surface area contributed by atoms with Crippen LogP contribution < -0.4 is 10.2 Å². The third-order valence-electron chi connectivity index (χ3n) is 4.63. The van der Waals surface area contributed by atoms with Gasteiger partial charge in [-0.3, -0.25) is 4.79 Å². The summed E-state index contributed by atoms with van der Waals surface area (Å²) in [5.74, 6) is 0.610. The molecule has 1 saturated heterocycles. The SMILES string of the molecule is Cc1cc(C)c(NC(=O)c2cc(N3CCN(C)CC3)ncn2)c(C)c1. The summed E-state index contributed by atoms with van der Waals surface area (Å²) < 4.78 is 0. The molecular formula is C19H25N5O. The van der Waals surface area contributed by atoms with Crippen LogP contribution in [-0.2, 0) is 0 Å². The van der Waals surface area contributed by atoms with E-state index in [9.17, 15) is 4.79 Å². The Kier molecular flexibility index (Phi) is 4.99. The van der Waals surface area contributed by atoms with Crippen molar-refractivity contribution in [3.8, 4) is 0 Å². The molecule has 0 atom stereocenters. The van der Waals surface area contributed by atoms with Crippen LogP contribution in [0.1, 0.15) is 27.2 Å². The largest absolute Gasteiger partial charge is 0.354 e. The zero-order valence-electron chi connectivity index (χ0n) is 15.3. The lowest BCUT2D eigenvalue weighted by Crippen LogP contribution is -2.44. The van der Waals surface area contributed by atoms with Gasteiger partial charge in [0.1, 0.15) is 17.8 Å². The van der Waals surface area contributed by atoms with Crippen LogP contribution in [0.25, 0.3) is 0 Å². The maximum absolute atomic E-state index is 12.7. The van der Waals surface area contributed by atoms with Crippen LogP contribution in [0.2, 0.25) is 0 Å². The first-order valence-corrected chi connectivity index (χ1v) is 8.59. The summed E-state index contributed by atoms with van der Waals surface area (Å²) >= 11 is 0. The molecule has 1 N–H and O–H groups in total. The van der Waals surface area contributed by atoms with E-state index >= 15 is 0 Å². The minimum atomic E-state index is -0.201. The Labute approximate surface area is 148 Å². The molecule has 1 aromatic carbocycles. The molecule has 2 heterocycles. The second-order valence-electron chi connectivity index (χ2n) is 6.78. The van der Waals surface area contributed by atoms with Crippen LogP contribution in [0.3, 0.4) is 0 Å². The molecule has 3 rings (SSSR count). The second kappa shape index (κ2) is 7.19. The molecule has 0 saturated carbocycles. The third kappa shape index (κ3) is 3.96. The van der Waals surface area contributed by atoms with Crippen LogP contribution in [-0.4, -0.2) is 54.0 Å². The number of rotatable bonds is 3. The molecule has 6 nitrogen and oxygen atoms in total. The molecule has 1 aromatic heterocycles. The van der Waals surface area contributed by atoms with Crippen LogP contribution in [0.5, 0.6) is 0 Å². The van der Waals surface area contributed by atoms with Crippen LogP contribution >= 0.6 is 0 Å². The molecule has 132 valence electrons. The van der Waals surface area contributed by atoms with Gasteiger partial charge in [-0.25, -0.2) is 9.97 Å². The molecule has 1 fully saturated rings. The third-order valence-corrected chi connectivity index (χ3v) is 4.63. The van der Waals surface area contributed by atoms with Crippen LogP contribution in [0.4, 0.5) is 11.5 Å². The number of anilines is 2. The van der Waals surface area contributed by atoms with Gasteiger partial charge < -0.3 is 15.1 Å². The highest BCUT2D eigenvalue weighted by atomic mass is 16.1. The van der Waals surface area contributed by atoms with Gasteiger partial charge in [-0.15, -0.1) is 0 Å². The summed E-state index contributed by atoms with van der Waals surface area (Å²) in [6.45, 7) is 9.87. The normalized spacial score (nSPS) is 15.3. The van der Waals surface area contributed by atoms with Gasteiger partial charge in [0, 0.05) is 37.9 Å². The summed E-state index contributed by atoms with van der Waals surface area (Å²) in [5, 5.41) is 3.00. The van der Waals surface area contributed by atoms with Gasteiger partial charge >= 0.3 is 0 Å². The summed E-state index contributed by atoms with van der Waals surface area (Å²) in [7, 11) is 2.11. The van der Waals surface area contributed by atoms with Crippen molar-refractivity contribution >= 4 is 17.4 Å². The van der Waals surface area contributed by atoms with E-state index in [1.54, 1.807) is 6.07 Å². The molecular weight excluding hydrogens is 314 g/mol. The highest BCUT2D eigenvalue weighted by Crippen LogP contribution is 2.23. The molecule has 6 heteroatoms. The maximum atomic E-state index is 12.7. The maximum Gasteiger partial charge on any atom is 0.274 e. The van der Waals surface area contributed by atoms with Crippen molar-refractivity contribution in [2.45, 2.75) is 20.8 Å². The fourth-order valence-electron chi connectivity index (χ4n) is 3.23. The lowest BCUT2D eigenvalue weighted by molar-refractivity contribution is 0.102. The van der Waals surface area contributed by atoms with Gasteiger partial charge in [-0.1, -0.05) is 17.7 Å². The van der Waals surface area contributed by atoms with E-state index in [1.807, 2.05) is 13.8 Å². The number of nitrogens with zero attached hydrogens (tertiary/aromatic N) is 4. The van der Waals surface area contributed by atoms with Gasteiger partial charge in [0.05, 0.1) is 0 Å². The number of hydrogen-bond acceptors (Lipinski definition) is 5. The van der Waals surface area contributed by atoms with Gasteiger partial charge in [0.15, 0.2) is 0 Å². The number of benzene rings is 1. The van der Waals surface area contributed by atoms with E-state index in [-0.39, 0.29) is 5.91 Å². The minimum absolute atomic E-state index is 0.201. The fourth-order valence-corrected chi connectivity index (χ4v) is 3.23. The van der Waals surface area contributed by atoms with Crippen LogP contribution in [0.15, 0.2) is 24.5 Å². The monoisotopic (exact) mass is 339 g/mol. The van der Waals surface area contributed by atoms with Crippen molar-refractivity contribution in [2.75, 3.05) is 43.4 Å².